The molecule has 4 heteroatoms. The molecule has 1 atom stereocenters. The second kappa shape index (κ2) is 10.2. The SMILES string of the molecule is C=CC[C@@H](c1ccc(CC)cc1)N1CCNCC1.Cl.Cl. The molecule has 0 aliphatic carbocycles. The summed E-state index contributed by atoms with van der Waals surface area (Å²) in [6.07, 6.45) is 4.19. The van der Waals surface area contributed by atoms with Crippen LogP contribution in [0.1, 0.15) is 30.5 Å². The van der Waals surface area contributed by atoms with Crippen LogP contribution >= 0.6 is 24.8 Å². The number of hydrogen-bond donors (Lipinski definition) is 1. The van der Waals surface area contributed by atoms with Gasteiger partial charge >= 0.3 is 0 Å². The monoisotopic (exact) mass is 316 g/mol. The third-order valence-corrected chi connectivity index (χ3v) is 3.76. The van der Waals surface area contributed by atoms with Gasteiger partial charge in [0.15, 0.2) is 0 Å². The summed E-state index contributed by atoms with van der Waals surface area (Å²) in [7, 11) is 0. The zero-order valence-electron chi connectivity index (χ0n) is 12.2. The molecule has 0 unspecified atom stereocenters. The van der Waals surface area contributed by atoms with Gasteiger partial charge in [0.05, 0.1) is 0 Å². The molecule has 1 aromatic carbocycles. The zero-order valence-corrected chi connectivity index (χ0v) is 13.8. The third kappa shape index (κ3) is 5.10. The predicted molar refractivity (Wildman–Crippen MR) is 92.3 cm³/mol. The van der Waals surface area contributed by atoms with E-state index in [0.717, 1.165) is 39.0 Å². The number of piperazine rings is 1. The first kappa shape index (κ1) is 19.5. The summed E-state index contributed by atoms with van der Waals surface area (Å²) in [4.78, 5) is 2.57. The van der Waals surface area contributed by atoms with Crippen LogP contribution in [0.2, 0.25) is 0 Å². The van der Waals surface area contributed by atoms with E-state index in [4.69, 9.17) is 0 Å². The Balaban J connectivity index is 0.00000180. The molecule has 1 aromatic rings. The maximum Gasteiger partial charge on any atom is 0.0383 e. The summed E-state index contributed by atoms with van der Waals surface area (Å²) >= 11 is 0. The van der Waals surface area contributed by atoms with Gasteiger partial charge < -0.3 is 5.32 Å². The molecule has 0 saturated carbocycles. The van der Waals surface area contributed by atoms with Crippen LogP contribution < -0.4 is 5.32 Å². The van der Waals surface area contributed by atoms with E-state index in [-0.39, 0.29) is 24.8 Å². The minimum atomic E-state index is 0. The van der Waals surface area contributed by atoms with E-state index in [1.807, 2.05) is 6.08 Å². The first-order chi connectivity index (χ1) is 8.85. The summed E-state index contributed by atoms with van der Waals surface area (Å²) in [6, 6.07) is 9.58. The molecule has 0 radical (unpaired) electrons. The normalized spacial score (nSPS) is 16.6. The van der Waals surface area contributed by atoms with Crippen LogP contribution in [0, 0.1) is 0 Å². The largest absolute Gasteiger partial charge is 0.314 e. The second-order valence-corrected chi connectivity index (χ2v) is 4.92. The minimum Gasteiger partial charge on any atom is -0.314 e. The summed E-state index contributed by atoms with van der Waals surface area (Å²) < 4.78 is 0. The molecule has 0 aromatic heterocycles. The van der Waals surface area contributed by atoms with Gasteiger partial charge in [-0.3, -0.25) is 4.90 Å². The van der Waals surface area contributed by atoms with Crippen LogP contribution in [0.5, 0.6) is 0 Å². The fourth-order valence-electron chi connectivity index (χ4n) is 2.62. The van der Waals surface area contributed by atoms with Crippen LogP contribution in [0.25, 0.3) is 0 Å². The van der Waals surface area contributed by atoms with E-state index in [2.05, 4.69) is 48.0 Å². The molecule has 0 spiro atoms. The van der Waals surface area contributed by atoms with Crippen molar-refractivity contribution in [2.75, 3.05) is 26.2 Å². The average Bonchev–Trinajstić information content (AvgIpc) is 2.46. The topological polar surface area (TPSA) is 15.3 Å². The van der Waals surface area contributed by atoms with Crippen molar-refractivity contribution in [3.05, 3.63) is 48.0 Å². The van der Waals surface area contributed by atoms with Crippen molar-refractivity contribution in [1.29, 1.82) is 0 Å². The van der Waals surface area contributed by atoms with E-state index in [1.54, 1.807) is 0 Å². The molecule has 1 aliphatic heterocycles. The maximum absolute atomic E-state index is 3.91. The highest BCUT2D eigenvalue weighted by Gasteiger charge is 2.20. The molecule has 1 fully saturated rings. The number of hydrogen-bond acceptors (Lipinski definition) is 2. The Hall–Kier alpha value is -0.540. The van der Waals surface area contributed by atoms with Crippen molar-refractivity contribution < 1.29 is 0 Å². The second-order valence-electron chi connectivity index (χ2n) is 4.92. The highest BCUT2D eigenvalue weighted by Crippen LogP contribution is 2.25. The molecule has 2 rings (SSSR count). The van der Waals surface area contributed by atoms with Crippen LogP contribution in [0.4, 0.5) is 0 Å². The van der Waals surface area contributed by atoms with Crippen molar-refractivity contribution in [2.45, 2.75) is 25.8 Å². The lowest BCUT2D eigenvalue weighted by atomic mass is 9.99. The molecule has 1 N–H and O–H groups in total. The van der Waals surface area contributed by atoms with Gasteiger partial charge in [-0.05, 0) is 24.0 Å². The van der Waals surface area contributed by atoms with E-state index in [1.165, 1.54) is 11.1 Å². The lowest BCUT2D eigenvalue weighted by Crippen LogP contribution is -2.45. The van der Waals surface area contributed by atoms with Crippen molar-refractivity contribution in [3.8, 4) is 0 Å². The van der Waals surface area contributed by atoms with Gasteiger partial charge in [0.2, 0.25) is 0 Å². The van der Waals surface area contributed by atoms with Crippen LogP contribution in [0.15, 0.2) is 36.9 Å². The molecule has 114 valence electrons. The number of halogens is 2. The molecular weight excluding hydrogens is 291 g/mol. The van der Waals surface area contributed by atoms with Crippen molar-refractivity contribution in [3.63, 3.8) is 0 Å². The van der Waals surface area contributed by atoms with Crippen molar-refractivity contribution in [2.24, 2.45) is 0 Å². The van der Waals surface area contributed by atoms with Crippen molar-refractivity contribution >= 4 is 24.8 Å². The van der Waals surface area contributed by atoms with Crippen molar-refractivity contribution in [1.82, 2.24) is 10.2 Å². The van der Waals surface area contributed by atoms with Crippen LogP contribution in [-0.4, -0.2) is 31.1 Å². The number of benzene rings is 1. The molecule has 0 bridgehead atoms. The Morgan fingerprint density at radius 3 is 2.30 bits per heavy atom. The Labute approximate surface area is 135 Å². The van der Waals surface area contributed by atoms with Gasteiger partial charge in [-0.2, -0.15) is 0 Å². The Morgan fingerprint density at radius 2 is 1.80 bits per heavy atom. The van der Waals surface area contributed by atoms with Gasteiger partial charge in [-0.1, -0.05) is 37.3 Å². The first-order valence-electron chi connectivity index (χ1n) is 6.99. The van der Waals surface area contributed by atoms with E-state index >= 15 is 0 Å². The molecule has 1 saturated heterocycles. The van der Waals surface area contributed by atoms with Crippen LogP contribution in [0.3, 0.4) is 0 Å². The lowest BCUT2D eigenvalue weighted by molar-refractivity contribution is 0.174. The Kier molecular flexibility index (Phi) is 9.95. The number of nitrogens with one attached hydrogen (secondary N) is 1. The quantitative estimate of drug-likeness (QED) is 0.835. The van der Waals surface area contributed by atoms with Gasteiger partial charge in [0.25, 0.3) is 0 Å². The third-order valence-electron chi connectivity index (χ3n) is 3.76. The van der Waals surface area contributed by atoms with Crippen LogP contribution in [-0.2, 0) is 6.42 Å². The van der Waals surface area contributed by atoms with E-state index in [9.17, 15) is 0 Å². The highest BCUT2D eigenvalue weighted by molar-refractivity contribution is 5.85. The Morgan fingerprint density at radius 1 is 1.20 bits per heavy atom. The van der Waals surface area contributed by atoms with E-state index in [0.29, 0.717) is 6.04 Å². The Bertz CT molecular complexity index is 373. The summed E-state index contributed by atoms with van der Waals surface area (Å²) in [5.41, 5.74) is 2.84. The molecule has 1 aliphatic rings. The fourth-order valence-corrected chi connectivity index (χ4v) is 2.62. The number of aryl methyl sites for hydroxylation is 1. The standard InChI is InChI=1S/C16H24N2.2ClH/c1-3-5-16(18-12-10-17-11-13-18)15-8-6-14(4-2)7-9-15;;/h3,6-9,16-17H,1,4-5,10-13H2,2H3;2*1H/t16-;;/m0../s1. The predicted octanol–water partition coefficient (Wildman–Crippen LogP) is 3.62. The van der Waals surface area contributed by atoms with Gasteiger partial charge in [0, 0.05) is 32.2 Å². The number of rotatable bonds is 5. The summed E-state index contributed by atoms with van der Waals surface area (Å²) in [5, 5.41) is 3.41. The van der Waals surface area contributed by atoms with Gasteiger partial charge in [0.1, 0.15) is 0 Å². The summed E-state index contributed by atoms with van der Waals surface area (Å²) in [5.74, 6) is 0. The molecular formula is C16H26Cl2N2. The van der Waals surface area contributed by atoms with Gasteiger partial charge in [-0.25, -0.2) is 0 Å². The number of nitrogens with zero attached hydrogens (tertiary/aromatic N) is 1. The van der Waals surface area contributed by atoms with Gasteiger partial charge in [-0.15, -0.1) is 31.4 Å². The maximum atomic E-state index is 3.91. The highest BCUT2D eigenvalue weighted by atomic mass is 35.5. The fraction of sp³-hybridized carbons (Fsp3) is 0.500. The average molecular weight is 317 g/mol. The summed E-state index contributed by atoms with van der Waals surface area (Å²) in [6.45, 7) is 10.6. The zero-order chi connectivity index (χ0) is 12.8. The van der Waals surface area contributed by atoms with E-state index < -0.39 is 0 Å². The smallest absolute Gasteiger partial charge is 0.0383 e. The minimum absolute atomic E-state index is 0. The molecule has 20 heavy (non-hydrogen) atoms. The molecule has 1 heterocycles. The lowest BCUT2D eigenvalue weighted by Gasteiger charge is -2.34. The molecule has 0 amide bonds. The first-order valence-corrected chi connectivity index (χ1v) is 6.99. The molecule has 2 nitrogen and oxygen atoms in total.